The zero-order valence-electron chi connectivity index (χ0n) is 21.2. The largest absolute Gasteiger partial charge is 0.872 e. The van der Waals surface area contributed by atoms with Gasteiger partial charge in [0.15, 0.2) is 17.3 Å². The van der Waals surface area contributed by atoms with Crippen LogP contribution in [0.25, 0.3) is 5.57 Å². The molecule has 8 heteroatoms. The molecule has 2 atom stereocenters. The third-order valence-electron chi connectivity index (χ3n) is 5.50. The summed E-state index contributed by atoms with van der Waals surface area (Å²) in [7, 11) is 2.77. The Balaban J connectivity index is 2.35. The minimum atomic E-state index is -2.91. The molecule has 168 valence electrons. The molecular weight excluding hydrogens is 402 g/mol. The van der Waals surface area contributed by atoms with E-state index in [1.165, 1.54) is 47.5 Å². The maximum atomic E-state index is 13.3. The van der Waals surface area contributed by atoms with Gasteiger partial charge < -0.3 is 34.1 Å². The first-order valence-electron chi connectivity index (χ1n) is 11.2. The molecule has 0 spiro atoms. The lowest BCUT2D eigenvalue weighted by molar-refractivity contribution is -0.360. The van der Waals surface area contributed by atoms with Crippen molar-refractivity contribution in [3.63, 3.8) is 0 Å². The first-order valence-corrected chi connectivity index (χ1v) is 9.67. The highest BCUT2D eigenvalue weighted by atomic mass is 16.7. The van der Waals surface area contributed by atoms with Gasteiger partial charge >= 0.3 is 0 Å². The third-order valence-corrected chi connectivity index (χ3v) is 5.50. The Morgan fingerprint density at radius 3 is 2.52 bits per heavy atom. The molecule has 1 amide bonds. The Hall–Kier alpha value is -2.97. The summed E-state index contributed by atoms with van der Waals surface area (Å²) in [4.78, 5) is 12.0. The predicted molar refractivity (Wildman–Crippen MR) is 113 cm³/mol. The molecule has 0 bridgehead atoms. The number of ether oxygens (including phenoxy) is 5. The summed E-state index contributed by atoms with van der Waals surface area (Å²) in [6, 6.07) is 1.27. The molecule has 1 aromatic carbocycles. The third kappa shape index (κ3) is 3.88. The van der Waals surface area contributed by atoms with Crippen LogP contribution in [-0.2, 0) is 20.7 Å². The van der Waals surface area contributed by atoms with E-state index in [-0.39, 0.29) is 5.91 Å². The van der Waals surface area contributed by atoms with Gasteiger partial charge in [-0.25, -0.2) is 0 Å². The molecule has 2 aliphatic rings. The molecular formula is C23H28NO7-. The van der Waals surface area contributed by atoms with Gasteiger partial charge in [-0.2, -0.15) is 0 Å². The number of fused-ring (bicyclic) bond motifs is 2. The van der Waals surface area contributed by atoms with E-state index in [0.717, 1.165) is 5.56 Å². The van der Waals surface area contributed by atoms with E-state index in [0.29, 0.717) is 46.8 Å². The molecule has 0 saturated heterocycles. The molecule has 1 N–H and O–H groups in total. The molecule has 31 heavy (non-hydrogen) atoms. The van der Waals surface area contributed by atoms with E-state index < -0.39 is 24.6 Å². The van der Waals surface area contributed by atoms with Crippen molar-refractivity contribution >= 4 is 11.5 Å². The quantitative estimate of drug-likeness (QED) is 0.682. The van der Waals surface area contributed by atoms with Gasteiger partial charge in [-0.3, -0.25) is 4.79 Å². The number of nitrogens with one attached hydrogen (secondary N) is 1. The van der Waals surface area contributed by atoms with Gasteiger partial charge in [-0.05, 0) is 41.7 Å². The Bertz CT molecular complexity index is 1060. The second-order valence-corrected chi connectivity index (χ2v) is 7.16. The van der Waals surface area contributed by atoms with Crippen LogP contribution in [0.15, 0.2) is 35.6 Å². The number of allylic oxidation sites excluding steroid dienone is 2. The second-order valence-electron chi connectivity index (χ2n) is 7.16. The van der Waals surface area contributed by atoms with Gasteiger partial charge in [-0.15, -0.1) is 0 Å². The van der Waals surface area contributed by atoms with E-state index in [4.69, 9.17) is 27.8 Å². The molecule has 0 heterocycles. The number of carbonyl (C=O) groups excluding carboxylic acids is 1. The zero-order valence-corrected chi connectivity index (χ0v) is 18.2. The van der Waals surface area contributed by atoms with Crippen LogP contribution < -0.4 is 24.6 Å². The number of hydrogen-bond donors (Lipinski definition) is 1. The number of benzene rings is 1. The molecule has 0 saturated carbocycles. The highest BCUT2D eigenvalue weighted by Gasteiger charge is 2.34. The number of carbonyl (C=O) groups is 1. The number of hydrogen-bond acceptors (Lipinski definition) is 7. The van der Waals surface area contributed by atoms with Crippen molar-refractivity contribution in [2.75, 3.05) is 35.5 Å². The Kier molecular flexibility index (Phi) is 5.47. The van der Waals surface area contributed by atoms with Crippen molar-refractivity contribution in [3.05, 3.63) is 46.8 Å². The fraction of sp³-hybridized carbons (Fsp3) is 0.435. The van der Waals surface area contributed by atoms with Crippen molar-refractivity contribution in [3.8, 4) is 17.2 Å². The number of rotatable bonds is 6. The van der Waals surface area contributed by atoms with E-state index in [1.54, 1.807) is 6.08 Å². The average molecular weight is 433 g/mol. The van der Waals surface area contributed by atoms with Crippen LogP contribution in [0.1, 0.15) is 28.6 Å². The summed E-state index contributed by atoms with van der Waals surface area (Å²) in [5.74, 6) is -1.99. The smallest absolute Gasteiger partial charge is 0.217 e. The monoisotopic (exact) mass is 433 g/mol. The topological polar surface area (TPSA) is 98.3 Å². The minimum absolute atomic E-state index is 0.282. The summed E-state index contributed by atoms with van der Waals surface area (Å²) in [6.45, 7) is 1.39. The lowest BCUT2D eigenvalue weighted by Gasteiger charge is -2.34. The van der Waals surface area contributed by atoms with Crippen molar-refractivity contribution in [2.45, 2.75) is 31.6 Å². The van der Waals surface area contributed by atoms with E-state index in [1.807, 2.05) is 6.07 Å². The molecule has 0 aromatic heterocycles. The molecule has 0 fully saturated rings. The Morgan fingerprint density at radius 1 is 1.19 bits per heavy atom. The lowest BCUT2D eigenvalue weighted by atomic mass is 9.93. The highest BCUT2D eigenvalue weighted by Crippen LogP contribution is 2.48. The van der Waals surface area contributed by atoms with Crippen LogP contribution in [0.5, 0.6) is 17.2 Å². The molecule has 3 rings (SSSR count). The normalized spacial score (nSPS) is 24.4. The SMILES string of the molecule is [2H]C([2H])([2H])OC1(OC)C=CC2=C(C=C1[O-])[C@@H](NC(C)=O)CCc1cc(OC)c(OC)c(OC)c12. The van der Waals surface area contributed by atoms with Crippen LogP contribution in [0, 0.1) is 0 Å². The van der Waals surface area contributed by atoms with Crippen LogP contribution in [0.3, 0.4) is 0 Å². The molecule has 1 unspecified atom stereocenters. The van der Waals surface area contributed by atoms with Crippen molar-refractivity contribution in [1.29, 1.82) is 0 Å². The molecule has 1 aromatic rings. The summed E-state index contributed by atoms with van der Waals surface area (Å²) in [6.07, 6.45) is 5.06. The maximum absolute atomic E-state index is 13.3. The van der Waals surface area contributed by atoms with Gasteiger partial charge in [0.1, 0.15) is 0 Å². The van der Waals surface area contributed by atoms with Crippen molar-refractivity contribution in [1.82, 2.24) is 5.32 Å². The summed E-state index contributed by atoms with van der Waals surface area (Å²) >= 11 is 0. The molecule has 0 radical (unpaired) electrons. The molecule has 2 aliphatic carbocycles. The first-order chi connectivity index (χ1) is 16.0. The average Bonchev–Trinajstić information content (AvgIpc) is 2.99. The molecule has 0 aliphatic heterocycles. The van der Waals surface area contributed by atoms with Gasteiger partial charge in [0.2, 0.25) is 11.7 Å². The predicted octanol–water partition coefficient (Wildman–Crippen LogP) is 1.72. The highest BCUT2D eigenvalue weighted by molar-refractivity contribution is 5.88. The number of amides is 1. The Morgan fingerprint density at radius 2 is 1.94 bits per heavy atom. The van der Waals surface area contributed by atoms with Gasteiger partial charge in [0.05, 0.1) is 31.5 Å². The first kappa shape index (κ1) is 18.8. The van der Waals surface area contributed by atoms with Gasteiger partial charge in [0.25, 0.3) is 0 Å². The van der Waals surface area contributed by atoms with Crippen LogP contribution in [0.2, 0.25) is 0 Å². The van der Waals surface area contributed by atoms with Crippen molar-refractivity contribution < 1.29 is 37.7 Å². The van der Waals surface area contributed by atoms with Crippen LogP contribution in [0.4, 0.5) is 0 Å². The summed E-state index contributed by atoms with van der Waals surface area (Å²) < 4.78 is 49.7. The summed E-state index contributed by atoms with van der Waals surface area (Å²) in [5.41, 5.74) is 2.46. The van der Waals surface area contributed by atoms with E-state index in [9.17, 15) is 9.90 Å². The maximum Gasteiger partial charge on any atom is 0.217 e. The van der Waals surface area contributed by atoms with Gasteiger partial charge in [0, 0.05) is 26.6 Å². The number of methoxy groups -OCH3 is 5. The fourth-order valence-corrected chi connectivity index (χ4v) is 4.05. The standard InChI is InChI=1S/C23H29NO7/c1-13(25)24-17-8-7-14-11-18(27-2)21(28-3)22(29-4)20(14)15-9-10-23(30-5,31-6)19(26)12-16(15)17/h9-12,17,26H,7-8H2,1-6H3,(H,24,25)/p-1/t17-/m0/s1/i5D3/t17-,23?. The fourth-order valence-electron chi connectivity index (χ4n) is 4.05. The van der Waals surface area contributed by atoms with Crippen molar-refractivity contribution in [2.24, 2.45) is 0 Å². The van der Waals surface area contributed by atoms with E-state index >= 15 is 0 Å². The Labute approximate surface area is 186 Å². The zero-order chi connectivity index (χ0) is 25.3. The molecule has 8 nitrogen and oxygen atoms in total. The lowest BCUT2D eigenvalue weighted by Crippen LogP contribution is -2.40. The number of aryl methyl sites for hydroxylation is 1. The minimum Gasteiger partial charge on any atom is -0.872 e. The summed E-state index contributed by atoms with van der Waals surface area (Å²) in [5, 5.41) is 16.2. The van der Waals surface area contributed by atoms with Gasteiger partial charge in [-0.1, -0.05) is 17.9 Å². The van der Waals surface area contributed by atoms with Crippen LogP contribution in [-0.4, -0.2) is 53.2 Å². The second kappa shape index (κ2) is 9.03. The van der Waals surface area contributed by atoms with Crippen LogP contribution >= 0.6 is 0 Å². The van der Waals surface area contributed by atoms with E-state index in [2.05, 4.69) is 5.32 Å².